The summed E-state index contributed by atoms with van der Waals surface area (Å²) in [5.74, 6) is 0.323. The van der Waals surface area contributed by atoms with Gasteiger partial charge in [0.1, 0.15) is 0 Å². The van der Waals surface area contributed by atoms with Crippen LogP contribution in [0.3, 0.4) is 0 Å². The summed E-state index contributed by atoms with van der Waals surface area (Å²) in [6.45, 7) is 0. The summed E-state index contributed by atoms with van der Waals surface area (Å²) in [6.07, 6.45) is 0.990. The van der Waals surface area contributed by atoms with Gasteiger partial charge in [-0.05, 0) is 17.7 Å². The number of thiazole rings is 1. The van der Waals surface area contributed by atoms with Crippen LogP contribution in [0.15, 0.2) is 39.7 Å². The molecule has 1 amide bonds. The fourth-order valence-corrected chi connectivity index (χ4v) is 2.73. The number of carbonyl (C=O) groups excluding carboxylic acids is 1. The highest BCUT2D eigenvalue weighted by molar-refractivity contribution is 7.07. The Hall–Kier alpha value is -2.62. The number of rotatable bonds is 6. The normalized spacial score (nSPS) is 12.1. The molecule has 3 rings (SSSR count). The van der Waals surface area contributed by atoms with Crippen molar-refractivity contribution in [3.8, 4) is 0 Å². The van der Waals surface area contributed by atoms with Crippen molar-refractivity contribution in [2.45, 2.75) is 18.9 Å². The number of hydrogen-bond donors (Lipinski definition) is 3. The van der Waals surface area contributed by atoms with E-state index < -0.39 is 11.9 Å². The molecule has 0 aliphatic heterocycles. The molecule has 0 unspecified atom stereocenters. The Morgan fingerprint density at radius 2 is 2.17 bits per heavy atom. The Balaban J connectivity index is 1.64. The SMILES string of the molecule is N[C@@H](Cc1cscn1)c1nc(Cc2ccc(C(=O)NO)cc2)no1. The first-order valence-corrected chi connectivity index (χ1v) is 8.08. The highest BCUT2D eigenvalue weighted by atomic mass is 32.1. The van der Waals surface area contributed by atoms with Gasteiger partial charge in [-0.1, -0.05) is 17.3 Å². The minimum absolute atomic E-state index is 0.361. The third kappa shape index (κ3) is 3.82. The summed E-state index contributed by atoms with van der Waals surface area (Å²) in [5, 5.41) is 14.5. The molecule has 0 saturated carbocycles. The number of nitrogens with zero attached hydrogens (tertiary/aromatic N) is 3. The predicted octanol–water partition coefficient (Wildman–Crippen LogP) is 1.48. The summed E-state index contributed by atoms with van der Waals surface area (Å²) in [4.78, 5) is 19.8. The number of amides is 1. The third-order valence-electron chi connectivity index (χ3n) is 3.39. The van der Waals surface area contributed by atoms with Crippen LogP contribution in [0.2, 0.25) is 0 Å². The van der Waals surface area contributed by atoms with Crippen molar-refractivity contribution >= 4 is 17.2 Å². The first-order valence-electron chi connectivity index (χ1n) is 7.14. The highest BCUT2D eigenvalue weighted by Gasteiger charge is 2.16. The molecule has 0 bridgehead atoms. The molecule has 0 spiro atoms. The van der Waals surface area contributed by atoms with Gasteiger partial charge >= 0.3 is 0 Å². The van der Waals surface area contributed by atoms with E-state index in [4.69, 9.17) is 15.5 Å². The van der Waals surface area contributed by atoms with Crippen LogP contribution in [0.25, 0.3) is 0 Å². The molecular weight excluding hydrogens is 330 g/mol. The van der Waals surface area contributed by atoms with Crippen molar-refractivity contribution in [2.24, 2.45) is 5.73 Å². The van der Waals surface area contributed by atoms with E-state index in [0.717, 1.165) is 11.3 Å². The van der Waals surface area contributed by atoms with Crippen molar-refractivity contribution in [2.75, 3.05) is 0 Å². The van der Waals surface area contributed by atoms with Gasteiger partial charge in [0.15, 0.2) is 5.82 Å². The lowest BCUT2D eigenvalue weighted by Crippen LogP contribution is -2.18. The molecule has 2 aromatic heterocycles. The monoisotopic (exact) mass is 345 g/mol. The smallest absolute Gasteiger partial charge is 0.274 e. The standard InChI is InChI=1S/C15H15N5O3S/c16-12(6-11-7-24-8-17-11)15-18-13(20-23-15)5-9-1-3-10(4-2-9)14(21)19-22/h1-4,7-8,12,22H,5-6,16H2,(H,19,21)/t12-/m0/s1. The van der Waals surface area contributed by atoms with E-state index in [1.54, 1.807) is 35.3 Å². The Kier molecular flexibility index (Phi) is 4.94. The van der Waals surface area contributed by atoms with E-state index in [-0.39, 0.29) is 0 Å². The maximum absolute atomic E-state index is 11.3. The molecule has 9 heteroatoms. The molecular formula is C15H15N5O3S. The molecule has 0 aliphatic carbocycles. The molecule has 124 valence electrons. The van der Waals surface area contributed by atoms with Gasteiger partial charge in [-0.3, -0.25) is 10.0 Å². The summed E-state index contributed by atoms with van der Waals surface area (Å²) >= 11 is 1.51. The van der Waals surface area contributed by atoms with Crippen LogP contribution in [0.5, 0.6) is 0 Å². The van der Waals surface area contributed by atoms with Gasteiger partial charge in [-0.25, -0.2) is 10.5 Å². The summed E-state index contributed by atoms with van der Waals surface area (Å²) < 4.78 is 5.22. The number of aromatic nitrogens is 3. The van der Waals surface area contributed by atoms with Gasteiger partial charge in [0.05, 0.1) is 17.2 Å². The van der Waals surface area contributed by atoms with Gasteiger partial charge in [0.25, 0.3) is 5.91 Å². The lowest BCUT2D eigenvalue weighted by Gasteiger charge is -2.03. The molecule has 24 heavy (non-hydrogen) atoms. The number of nitrogens with two attached hydrogens (primary N) is 1. The first kappa shape index (κ1) is 16.2. The van der Waals surface area contributed by atoms with E-state index in [1.807, 2.05) is 5.38 Å². The number of hydrogen-bond acceptors (Lipinski definition) is 8. The maximum atomic E-state index is 11.3. The summed E-state index contributed by atoms with van der Waals surface area (Å²) in [5.41, 5.74) is 11.6. The lowest BCUT2D eigenvalue weighted by atomic mass is 10.1. The zero-order valence-electron chi connectivity index (χ0n) is 12.5. The average Bonchev–Trinajstić information content (AvgIpc) is 3.27. The number of hydroxylamine groups is 1. The minimum atomic E-state index is -0.559. The van der Waals surface area contributed by atoms with Gasteiger partial charge in [0.2, 0.25) is 5.89 Å². The summed E-state index contributed by atoms with van der Waals surface area (Å²) in [6, 6.07) is 6.33. The van der Waals surface area contributed by atoms with E-state index >= 15 is 0 Å². The first-order chi connectivity index (χ1) is 11.7. The van der Waals surface area contributed by atoms with E-state index in [2.05, 4.69) is 15.1 Å². The second-order valence-corrected chi connectivity index (χ2v) is 5.87. The minimum Gasteiger partial charge on any atom is -0.338 e. The van der Waals surface area contributed by atoms with Gasteiger partial charge in [-0.2, -0.15) is 4.98 Å². The molecule has 3 aromatic rings. The van der Waals surface area contributed by atoms with Gasteiger partial charge < -0.3 is 10.3 Å². The lowest BCUT2D eigenvalue weighted by molar-refractivity contribution is 0.0706. The average molecular weight is 345 g/mol. The molecule has 0 aliphatic rings. The molecule has 1 atom stereocenters. The number of carbonyl (C=O) groups is 1. The zero-order valence-corrected chi connectivity index (χ0v) is 13.4. The van der Waals surface area contributed by atoms with Crippen LogP contribution in [-0.2, 0) is 12.8 Å². The molecule has 0 fully saturated rings. The fraction of sp³-hybridized carbons (Fsp3) is 0.200. The van der Waals surface area contributed by atoms with E-state index in [0.29, 0.717) is 30.1 Å². The second-order valence-electron chi connectivity index (χ2n) is 5.15. The van der Waals surface area contributed by atoms with Crippen molar-refractivity contribution in [3.05, 3.63) is 63.7 Å². The quantitative estimate of drug-likeness (QED) is 0.456. The highest BCUT2D eigenvalue weighted by Crippen LogP contribution is 2.16. The van der Waals surface area contributed by atoms with Crippen LogP contribution >= 0.6 is 11.3 Å². The van der Waals surface area contributed by atoms with Crippen LogP contribution in [0.1, 0.15) is 39.4 Å². The Morgan fingerprint density at radius 1 is 1.38 bits per heavy atom. The van der Waals surface area contributed by atoms with Crippen molar-refractivity contribution < 1.29 is 14.5 Å². The number of nitrogens with one attached hydrogen (secondary N) is 1. The second kappa shape index (κ2) is 7.30. The predicted molar refractivity (Wildman–Crippen MR) is 85.5 cm³/mol. The summed E-state index contributed by atoms with van der Waals surface area (Å²) in [7, 11) is 0. The molecule has 1 aromatic carbocycles. The van der Waals surface area contributed by atoms with Crippen LogP contribution < -0.4 is 11.2 Å². The van der Waals surface area contributed by atoms with E-state index in [1.165, 1.54) is 11.3 Å². The van der Waals surface area contributed by atoms with Crippen molar-refractivity contribution in [3.63, 3.8) is 0 Å². The molecule has 0 saturated heterocycles. The van der Waals surface area contributed by atoms with Gasteiger partial charge in [0, 0.05) is 23.8 Å². The molecule has 8 nitrogen and oxygen atoms in total. The molecule has 4 N–H and O–H groups in total. The van der Waals surface area contributed by atoms with Crippen LogP contribution in [0, 0.1) is 0 Å². The van der Waals surface area contributed by atoms with Crippen LogP contribution in [0.4, 0.5) is 0 Å². The topological polar surface area (TPSA) is 127 Å². The number of benzene rings is 1. The van der Waals surface area contributed by atoms with Crippen molar-refractivity contribution in [1.29, 1.82) is 0 Å². The Morgan fingerprint density at radius 3 is 2.83 bits per heavy atom. The van der Waals surface area contributed by atoms with Gasteiger partial charge in [-0.15, -0.1) is 11.3 Å². The third-order valence-corrected chi connectivity index (χ3v) is 4.03. The zero-order chi connectivity index (χ0) is 16.9. The molecule has 0 radical (unpaired) electrons. The molecule has 2 heterocycles. The Bertz CT molecular complexity index is 801. The van der Waals surface area contributed by atoms with E-state index in [9.17, 15) is 4.79 Å². The Labute approximate surface area is 141 Å². The largest absolute Gasteiger partial charge is 0.338 e. The van der Waals surface area contributed by atoms with Crippen LogP contribution in [-0.4, -0.2) is 26.2 Å². The maximum Gasteiger partial charge on any atom is 0.274 e. The fourth-order valence-electron chi connectivity index (χ4n) is 2.16. The van der Waals surface area contributed by atoms with Crippen molar-refractivity contribution in [1.82, 2.24) is 20.6 Å².